The van der Waals surface area contributed by atoms with E-state index in [4.69, 9.17) is 5.73 Å². The van der Waals surface area contributed by atoms with Gasteiger partial charge >= 0.3 is 0 Å². The maximum Gasteiger partial charge on any atom is 0.271 e. The van der Waals surface area contributed by atoms with Crippen LogP contribution in [-0.2, 0) is 0 Å². The Hall–Kier alpha value is -3.68. The lowest BCUT2D eigenvalue weighted by molar-refractivity contribution is 0.0962. The minimum absolute atomic E-state index is 0.00577. The summed E-state index contributed by atoms with van der Waals surface area (Å²) in [5, 5.41) is 3.25. The van der Waals surface area contributed by atoms with Crippen LogP contribution in [0.2, 0.25) is 0 Å². The van der Waals surface area contributed by atoms with E-state index in [0.717, 1.165) is 5.56 Å². The second-order valence-electron chi connectivity index (χ2n) is 5.58. The number of carbonyl (C=O) groups excluding carboxylic acids is 1. The van der Waals surface area contributed by atoms with Crippen molar-refractivity contribution in [3.05, 3.63) is 72.3 Å². The van der Waals surface area contributed by atoms with E-state index >= 15 is 0 Å². The molecule has 2 heterocycles. The Bertz CT molecular complexity index is 871. The lowest BCUT2D eigenvalue weighted by Gasteiger charge is -2.17. The lowest BCUT2D eigenvalue weighted by atomic mass is 10.1. The first kappa shape index (κ1) is 17.2. The van der Waals surface area contributed by atoms with Crippen LogP contribution in [0, 0.1) is 0 Å². The largest absolute Gasteiger partial charge is 0.393 e. The van der Waals surface area contributed by atoms with Gasteiger partial charge < -0.3 is 11.1 Å². The molecule has 0 saturated heterocycles. The van der Waals surface area contributed by atoms with Gasteiger partial charge in [0.25, 0.3) is 5.91 Å². The molecule has 0 radical (unpaired) electrons. The molecule has 0 saturated carbocycles. The Balaban J connectivity index is 1.68. The van der Waals surface area contributed by atoms with E-state index in [1.165, 1.54) is 12.5 Å². The maximum atomic E-state index is 12.1. The smallest absolute Gasteiger partial charge is 0.271 e. The van der Waals surface area contributed by atoms with Crippen molar-refractivity contribution >= 4 is 23.2 Å². The zero-order valence-corrected chi connectivity index (χ0v) is 14.2. The molecule has 26 heavy (non-hydrogen) atoms. The minimum atomic E-state index is -0.344. The van der Waals surface area contributed by atoms with E-state index in [-0.39, 0.29) is 11.9 Å². The molecule has 1 unspecified atom stereocenters. The molecular weight excluding hydrogens is 330 g/mol. The van der Waals surface area contributed by atoms with E-state index in [9.17, 15) is 4.79 Å². The van der Waals surface area contributed by atoms with Gasteiger partial charge in [0.05, 0.1) is 11.6 Å². The van der Waals surface area contributed by atoms with Gasteiger partial charge in [-0.3, -0.25) is 20.6 Å². The van der Waals surface area contributed by atoms with Crippen LogP contribution in [0.1, 0.15) is 28.9 Å². The van der Waals surface area contributed by atoms with Crippen LogP contribution < -0.4 is 21.9 Å². The van der Waals surface area contributed by atoms with Crippen molar-refractivity contribution in [3.63, 3.8) is 0 Å². The lowest BCUT2D eigenvalue weighted by Crippen LogP contribution is -2.30. The van der Waals surface area contributed by atoms with Gasteiger partial charge in [0, 0.05) is 12.4 Å². The molecule has 1 amide bonds. The van der Waals surface area contributed by atoms with Crippen molar-refractivity contribution in [1.29, 1.82) is 0 Å². The third kappa shape index (κ3) is 4.04. The van der Waals surface area contributed by atoms with E-state index in [0.29, 0.717) is 22.9 Å². The molecule has 0 bridgehead atoms. The summed E-state index contributed by atoms with van der Waals surface area (Å²) >= 11 is 0. The average molecular weight is 349 g/mol. The van der Waals surface area contributed by atoms with Crippen LogP contribution in [0.4, 0.5) is 17.3 Å². The highest BCUT2D eigenvalue weighted by Crippen LogP contribution is 2.26. The summed E-state index contributed by atoms with van der Waals surface area (Å²) in [6, 6.07) is 13.3. The fourth-order valence-corrected chi connectivity index (χ4v) is 2.33. The molecule has 8 nitrogen and oxygen atoms in total. The monoisotopic (exact) mass is 349 g/mol. The number of pyridine rings is 1. The third-order valence-electron chi connectivity index (χ3n) is 3.75. The van der Waals surface area contributed by atoms with Crippen molar-refractivity contribution < 1.29 is 4.79 Å². The standard InChI is InChI=1S/C18H19N7O/c1-12(13-6-3-2-4-7-13)23-16-15(19)17(22-11-21-16)24-25-18(26)14-8-5-9-20-10-14/h2-12H,19H2,1H3,(H,25,26)(H2,21,22,23,24). The molecule has 5 N–H and O–H groups in total. The third-order valence-corrected chi connectivity index (χ3v) is 3.75. The SMILES string of the molecule is CC(Nc1ncnc(NNC(=O)c2cccnc2)c1N)c1ccccc1. The van der Waals surface area contributed by atoms with Crippen LogP contribution in [0.15, 0.2) is 61.2 Å². The van der Waals surface area contributed by atoms with Crippen LogP contribution in [0.5, 0.6) is 0 Å². The molecule has 0 aliphatic heterocycles. The number of rotatable bonds is 6. The quantitative estimate of drug-likeness (QED) is 0.505. The number of nitrogens with one attached hydrogen (secondary N) is 3. The Morgan fingerprint density at radius 2 is 1.85 bits per heavy atom. The van der Waals surface area contributed by atoms with E-state index in [1.807, 2.05) is 37.3 Å². The van der Waals surface area contributed by atoms with Gasteiger partial charge in [-0.2, -0.15) is 0 Å². The predicted molar refractivity (Wildman–Crippen MR) is 100 cm³/mol. The van der Waals surface area contributed by atoms with E-state index < -0.39 is 0 Å². The molecule has 0 spiro atoms. The number of amides is 1. The first-order valence-corrected chi connectivity index (χ1v) is 8.03. The van der Waals surface area contributed by atoms with Crippen molar-refractivity contribution in [2.24, 2.45) is 0 Å². The molecule has 3 aromatic rings. The number of nitrogen functional groups attached to an aromatic ring is 1. The zero-order valence-electron chi connectivity index (χ0n) is 14.2. The second-order valence-corrected chi connectivity index (χ2v) is 5.58. The number of hydrogen-bond acceptors (Lipinski definition) is 7. The first-order valence-electron chi connectivity index (χ1n) is 8.03. The molecule has 0 aliphatic rings. The summed E-state index contributed by atoms with van der Waals surface area (Å²) in [5.41, 5.74) is 13.2. The summed E-state index contributed by atoms with van der Waals surface area (Å²) in [4.78, 5) is 24.2. The van der Waals surface area contributed by atoms with Crippen LogP contribution in [0.3, 0.4) is 0 Å². The summed E-state index contributed by atoms with van der Waals surface area (Å²) in [7, 11) is 0. The highest BCUT2D eigenvalue weighted by molar-refractivity contribution is 5.94. The molecule has 132 valence electrons. The van der Waals surface area contributed by atoms with Crippen molar-refractivity contribution in [1.82, 2.24) is 20.4 Å². The number of hydrazine groups is 1. The molecule has 1 aromatic carbocycles. The number of nitrogens with two attached hydrogens (primary N) is 1. The number of anilines is 3. The second kappa shape index (κ2) is 7.93. The van der Waals surface area contributed by atoms with Gasteiger partial charge in [-0.15, -0.1) is 0 Å². The fourth-order valence-electron chi connectivity index (χ4n) is 2.33. The summed E-state index contributed by atoms with van der Waals surface area (Å²) < 4.78 is 0. The van der Waals surface area contributed by atoms with Gasteiger partial charge in [-0.25, -0.2) is 9.97 Å². The Morgan fingerprint density at radius 3 is 2.58 bits per heavy atom. The number of aromatic nitrogens is 3. The predicted octanol–water partition coefficient (Wildman–Crippen LogP) is 2.38. The Labute approximate surface area is 150 Å². The molecule has 3 rings (SSSR count). The summed E-state index contributed by atoms with van der Waals surface area (Å²) in [6.45, 7) is 2.01. The number of carbonyl (C=O) groups is 1. The van der Waals surface area contributed by atoms with Gasteiger partial charge in [0.2, 0.25) is 0 Å². The average Bonchev–Trinajstić information content (AvgIpc) is 2.69. The van der Waals surface area contributed by atoms with Crippen molar-refractivity contribution in [2.75, 3.05) is 16.5 Å². The normalized spacial score (nSPS) is 11.4. The Morgan fingerprint density at radius 1 is 1.08 bits per heavy atom. The number of benzene rings is 1. The van der Waals surface area contributed by atoms with E-state index in [1.54, 1.807) is 18.3 Å². The summed E-state index contributed by atoms with van der Waals surface area (Å²) in [5.74, 6) is 0.442. The zero-order chi connectivity index (χ0) is 18.4. The fraction of sp³-hybridized carbons (Fsp3) is 0.111. The topological polar surface area (TPSA) is 118 Å². The molecular formula is C18H19N7O. The van der Waals surface area contributed by atoms with Gasteiger partial charge in [-0.05, 0) is 24.6 Å². The molecule has 0 aliphatic carbocycles. The van der Waals surface area contributed by atoms with Gasteiger partial charge in [0.15, 0.2) is 11.6 Å². The first-order chi connectivity index (χ1) is 12.6. The molecule has 2 aromatic heterocycles. The van der Waals surface area contributed by atoms with Crippen LogP contribution in [-0.4, -0.2) is 20.9 Å². The van der Waals surface area contributed by atoms with Crippen molar-refractivity contribution in [3.8, 4) is 0 Å². The van der Waals surface area contributed by atoms with E-state index in [2.05, 4.69) is 31.1 Å². The van der Waals surface area contributed by atoms with Gasteiger partial charge in [-0.1, -0.05) is 30.3 Å². The highest BCUT2D eigenvalue weighted by atomic mass is 16.2. The minimum Gasteiger partial charge on any atom is -0.393 e. The molecule has 0 fully saturated rings. The highest BCUT2D eigenvalue weighted by Gasteiger charge is 2.13. The van der Waals surface area contributed by atoms with Crippen LogP contribution in [0.25, 0.3) is 0 Å². The van der Waals surface area contributed by atoms with Crippen LogP contribution >= 0.6 is 0 Å². The number of nitrogens with zero attached hydrogens (tertiary/aromatic N) is 3. The molecule has 1 atom stereocenters. The van der Waals surface area contributed by atoms with Crippen molar-refractivity contribution in [2.45, 2.75) is 13.0 Å². The summed E-state index contributed by atoms with van der Waals surface area (Å²) in [6.07, 6.45) is 4.43. The van der Waals surface area contributed by atoms with Gasteiger partial charge in [0.1, 0.15) is 12.0 Å². The molecule has 8 heteroatoms. The Kier molecular flexibility index (Phi) is 5.23. The number of hydrogen-bond donors (Lipinski definition) is 4. The maximum absolute atomic E-state index is 12.1.